The number of rotatable bonds is 10. The molecule has 3 rings (SSSR count). The fraction of sp³-hybridized carbons (Fsp3) is 0.250. The molecule has 1 amide bonds. The van der Waals surface area contributed by atoms with Crippen molar-refractivity contribution in [1.29, 1.82) is 0 Å². The lowest BCUT2D eigenvalue weighted by Crippen LogP contribution is -2.27. The minimum absolute atomic E-state index is 0.140. The van der Waals surface area contributed by atoms with Crippen LogP contribution in [0.15, 0.2) is 54.9 Å². The number of anilines is 3. The highest BCUT2D eigenvalue weighted by Crippen LogP contribution is 2.33. The first kappa shape index (κ1) is 24.9. The highest BCUT2D eigenvalue weighted by atomic mass is 35.5. The zero-order valence-electron chi connectivity index (χ0n) is 19.2. The molecule has 0 spiro atoms. The Bertz CT molecular complexity index is 1200. The smallest absolute Gasteiger partial charge is 0.320 e. The first-order valence-corrected chi connectivity index (χ1v) is 10.9. The molecular weight excluding hydrogens is 458 g/mol. The fourth-order valence-electron chi connectivity index (χ4n) is 3.16. The molecular formula is C24H26ClN5O4. The van der Waals surface area contributed by atoms with Crippen LogP contribution >= 0.6 is 11.6 Å². The van der Waals surface area contributed by atoms with Gasteiger partial charge in [-0.1, -0.05) is 23.7 Å². The first-order valence-electron chi connectivity index (χ1n) is 10.6. The zero-order chi connectivity index (χ0) is 24.5. The Kier molecular flexibility index (Phi) is 8.78. The summed E-state index contributed by atoms with van der Waals surface area (Å²) in [5.74, 6) is 0.360. The molecule has 10 heteroatoms. The number of hydrogen-bond donors (Lipinski definition) is 2. The van der Waals surface area contributed by atoms with Crippen molar-refractivity contribution in [2.45, 2.75) is 6.92 Å². The van der Waals surface area contributed by atoms with Crippen molar-refractivity contribution < 1.29 is 19.1 Å². The van der Waals surface area contributed by atoms with Crippen molar-refractivity contribution in [3.8, 4) is 5.75 Å². The number of likely N-dealkylation sites (N-methyl/N-ethyl adjacent to an activating group) is 1. The van der Waals surface area contributed by atoms with Gasteiger partial charge in [0.25, 0.3) is 0 Å². The lowest BCUT2D eigenvalue weighted by Gasteiger charge is -2.14. The predicted octanol–water partition coefficient (Wildman–Crippen LogP) is 4.03. The fourth-order valence-corrected chi connectivity index (χ4v) is 3.35. The maximum atomic E-state index is 12.5. The van der Waals surface area contributed by atoms with E-state index >= 15 is 0 Å². The number of fused-ring (bicyclic) bond motifs is 1. The van der Waals surface area contributed by atoms with Gasteiger partial charge in [-0.05, 0) is 38.2 Å². The van der Waals surface area contributed by atoms with Crippen LogP contribution in [-0.2, 0) is 14.3 Å². The second kappa shape index (κ2) is 12.0. The molecule has 0 atom stereocenters. The van der Waals surface area contributed by atoms with Crippen LogP contribution in [0.5, 0.6) is 5.75 Å². The molecule has 178 valence electrons. The van der Waals surface area contributed by atoms with Crippen LogP contribution in [0.4, 0.5) is 17.2 Å². The standard InChI is InChI=1S/C24H26ClN5O4/c1-4-34-23(32)14-30(2)10-6-9-22(31)29-20-12-18-19(13-21(20)33-3)26-15-27-24(18)28-17-8-5-7-16(25)11-17/h5-9,11-13,15H,4,10,14H2,1-3H3,(H,29,31)(H,26,27,28)/b9-6+. The average Bonchev–Trinajstić information content (AvgIpc) is 2.79. The second-order valence-electron chi connectivity index (χ2n) is 7.32. The molecule has 0 saturated carbocycles. The van der Waals surface area contributed by atoms with E-state index in [1.165, 1.54) is 19.5 Å². The number of hydrogen-bond acceptors (Lipinski definition) is 8. The van der Waals surface area contributed by atoms with Crippen LogP contribution in [0.1, 0.15) is 6.92 Å². The molecule has 0 aliphatic rings. The Morgan fingerprint density at radius 3 is 2.76 bits per heavy atom. The molecule has 2 N–H and O–H groups in total. The first-order chi connectivity index (χ1) is 16.4. The minimum Gasteiger partial charge on any atom is -0.494 e. The number of carbonyl (C=O) groups is 2. The van der Waals surface area contributed by atoms with Gasteiger partial charge in [0.2, 0.25) is 5.91 Å². The largest absolute Gasteiger partial charge is 0.494 e. The lowest BCUT2D eigenvalue weighted by atomic mass is 10.2. The van der Waals surface area contributed by atoms with Gasteiger partial charge >= 0.3 is 5.97 Å². The van der Waals surface area contributed by atoms with Crippen molar-refractivity contribution in [2.24, 2.45) is 0 Å². The summed E-state index contributed by atoms with van der Waals surface area (Å²) < 4.78 is 10.4. The van der Waals surface area contributed by atoms with E-state index in [0.29, 0.717) is 46.3 Å². The average molecular weight is 484 g/mol. The Hall–Kier alpha value is -3.69. The molecule has 9 nitrogen and oxygen atoms in total. The van der Waals surface area contributed by atoms with Gasteiger partial charge in [-0.25, -0.2) is 9.97 Å². The highest BCUT2D eigenvalue weighted by molar-refractivity contribution is 6.30. The summed E-state index contributed by atoms with van der Waals surface area (Å²) >= 11 is 6.08. The van der Waals surface area contributed by atoms with Crippen molar-refractivity contribution in [3.05, 3.63) is 59.9 Å². The van der Waals surface area contributed by atoms with Gasteiger partial charge in [0.15, 0.2) is 0 Å². The Labute approximate surface area is 202 Å². The maximum absolute atomic E-state index is 12.5. The molecule has 2 aromatic carbocycles. The van der Waals surface area contributed by atoms with Crippen LogP contribution in [0.2, 0.25) is 5.02 Å². The number of methoxy groups -OCH3 is 1. The van der Waals surface area contributed by atoms with Crippen LogP contribution in [0, 0.1) is 0 Å². The third-order valence-electron chi connectivity index (χ3n) is 4.69. The number of ether oxygens (including phenoxy) is 2. The quantitative estimate of drug-likeness (QED) is 0.329. The Balaban J connectivity index is 1.76. The summed E-state index contributed by atoms with van der Waals surface area (Å²) in [5, 5.41) is 7.34. The molecule has 0 aliphatic carbocycles. The predicted molar refractivity (Wildman–Crippen MR) is 133 cm³/mol. The highest BCUT2D eigenvalue weighted by Gasteiger charge is 2.13. The number of carbonyl (C=O) groups excluding carboxylic acids is 2. The van der Waals surface area contributed by atoms with E-state index in [-0.39, 0.29) is 18.4 Å². The molecule has 1 aromatic heterocycles. The van der Waals surface area contributed by atoms with E-state index in [4.69, 9.17) is 21.1 Å². The summed E-state index contributed by atoms with van der Waals surface area (Å²) in [6.45, 7) is 2.63. The summed E-state index contributed by atoms with van der Waals surface area (Å²) in [7, 11) is 3.28. The van der Waals surface area contributed by atoms with E-state index in [1.54, 1.807) is 49.2 Å². The van der Waals surface area contributed by atoms with Crippen LogP contribution in [0.3, 0.4) is 0 Å². The van der Waals surface area contributed by atoms with Gasteiger partial charge in [-0.3, -0.25) is 14.5 Å². The van der Waals surface area contributed by atoms with Crippen LogP contribution in [0.25, 0.3) is 10.9 Å². The number of amides is 1. The maximum Gasteiger partial charge on any atom is 0.320 e. The van der Waals surface area contributed by atoms with Gasteiger partial charge in [0, 0.05) is 34.8 Å². The van der Waals surface area contributed by atoms with E-state index in [1.807, 2.05) is 12.1 Å². The van der Waals surface area contributed by atoms with Crippen molar-refractivity contribution in [2.75, 3.05) is 44.5 Å². The number of benzene rings is 2. The normalized spacial score (nSPS) is 11.1. The molecule has 0 fully saturated rings. The Morgan fingerprint density at radius 2 is 2.03 bits per heavy atom. The number of esters is 1. The molecule has 0 unspecified atom stereocenters. The van der Waals surface area contributed by atoms with Gasteiger partial charge in [-0.15, -0.1) is 0 Å². The SMILES string of the molecule is CCOC(=O)CN(C)C/C=C/C(=O)Nc1cc2c(Nc3cccc(Cl)c3)ncnc2cc1OC. The van der Waals surface area contributed by atoms with Crippen molar-refractivity contribution in [1.82, 2.24) is 14.9 Å². The summed E-state index contributed by atoms with van der Waals surface area (Å²) in [6.07, 6.45) is 4.51. The summed E-state index contributed by atoms with van der Waals surface area (Å²) in [6, 6.07) is 10.7. The number of nitrogens with one attached hydrogen (secondary N) is 2. The summed E-state index contributed by atoms with van der Waals surface area (Å²) in [5.41, 5.74) is 1.88. The van der Waals surface area contributed by atoms with E-state index in [2.05, 4.69) is 20.6 Å². The van der Waals surface area contributed by atoms with Crippen LogP contribution in [-0.4, -0.2) is 60.6 Å². The molecule has 0 saturated heterocycles. The molecule has 34 heavy (non-hydrogen) atoms. The van der Waals surface area contributed by atoms with Crippen molar-refractivity contribution >= 4 is 51.6 Å². The second-order valence-corrected chi connectivity index (χ2v) is 7.76. The summed E-state index contributed by atoms with van der Waals surface area (Å²) in [4.78, 5) is 34.4. The molecule has 0 bridgehead atoms. The lowest BCUT2D eigenvalue weighted by molar-refractivity contribution is -0.143. The minimum atomic E-state index is -0.344. The molecule has 1 heterocycles. The molecule has 0 radical (unpaired) electrons. The third-order valence-corrected chi connectivity index (χ3v) is 4.93. The number of aromatic nitrogens is 2. The van der Waals surface area contributed by atoms with Gasteiger partial charge in [0.05, 0.1) is 31.5 Å². The van der Waals surface area contributed by atoms with Gasteiger partial charge < -0.3 is 20.1 Å². The topological polar surface area (TPSA) is 106 Å². The van der Waals surface area contributed by atoms with Gasteiger partial charge in [0.1, 0.15) is 17.9 Å². The monoisotopic (exact) mass is 483 g/mol. The van der Waals surface area contributed by atoms with E-state index < -0.39 is 0 Å². The molecule has 3 aromatic rings. The number of nitrogens with zero attached hydrogens (tertiary/aromatic N) is 3. The van der Waals surface area contributed by atoms with E-state index in [0.717, 1.165) is 5.69 Å². The Morgan fingerprint density at radius 1 is 1.21 bits per heavy atom. The molecule has 0 aliphatic heterocycles. The van der Waals surface area contributed by atoms with Crippen molar-refractivity contribution in [3.63, 3.8) is 0 Å². The van der Waals surface area contributed by atoms with Crippen LogP contribution < -0.4 is 15.4 Å². The van der Waals surface area contributed by atoms with E-state index in [9.17, 15) is 9.59 Å². The zero-order valence-corrected chi connectivity index (χ0v) is 19.9. The van der Waals surface area contributed by atoms with Gasteiger partial charge in [-0.2, -0.15) is 0 Å². The third kappa shape index (κ3) is 6.90. The number of halogens is 1.